The van der Waals surface area contributed by atoms with Gasteiger partial charge >= 0.3 is 0 Å². The van der Waals surface area contributed by atoms with Gasteiger partial charge in [-0.3, -0.25) is 9.59 Å². The standard InChI is InChI=1S/C19H23N3O3/c1-14-8-10-15(11-9-14)25-13-19(24)22-17-6-3-2-5-16(17)21-18(23)7-4-12-20/h2-3,5-6,8-11H,4,7,12-13,20H2,1H3,(H,21,23)(H,22,24). The number of hydrogen-bond donors (Lipinski definition) is 3. The van der Waals surface area contributed by atoms with Crippen LogP contribution in [-0.2, 0) is 9.59 Å². The molecule has 0 atom stereocenters. The normalized spacial score (nSPS) is 10.2. The lowest BCUT2D eigenvalue weighted by molar-refractivity contribution is -0.118. The zero-order chi connectivity index (χ0) is 18.1. The summed E-state index contributed by atoms with van der Waals surface area (Å²) in [6.45, 7) is 2.33. The van der Waals surface area contributed by atoms with Gasteiger partial charge in [-0.05, 0) is 44.2 Å². The number of carbonyl (C=O) groups is 2. The summed E-state index contributed by atoms with van der Waals surface area (Å²) in [5, 5.41) is 5.53. The topological polar surface area (TPSA) is 93.5 Å². The van der Waals surface area contributed by atoms with Crippen molar-refractivity contribution in [2.75, 3.05) is 23.8 Å². The number of anilines is 2. The molecule has 0 unspecified atom stereocenters. The van der Waals surface area contributed by atoms with Crippen LogP contribution < -0.4 is 21.1 Å². The van der Waals surface area contributed by atoms with Crippen molar-refractivity contribution in [2.45, 2.75) is 19.8 Å². The molecule has 6 nitrogen and oxygen atoms in total. The van der Waals surface area contributed by atoms with Crippen molar-refractivity contribution in [3.63, 3.8) is 0 Å². The molecule has 0 aliphatic heterocycles. The summed E-state index contributed by atoms with van der Waals surface area (Å²) >= 11 is 0. The number of para-hydroxylation sites is 2. The van der Waals surface area contributed by atoms with E-state index in [9.17, 15) is 9.59 Å². The Morgan fingerprint density at radius 3 is 2.16 bits per heavy atom. The second-order valence-electron chi connectivity index (χ2n) is 5.64. The van der Waals surface area contributed by atoms with Crippen LogP contribution in [0.4, 0.5) is 11.4 Å². The highest BCUT2D eigenvalue weighted by Gasteiger charge is 2.10. The predicted molar refractivity (Wildman–Crippen MR) is 98.7 cm³/mol. The molecule has 0 aromatic heterocycles. The first-order chi connectivity index (χ1) is 12.1. The zero-order valence-electron chi connectivity index (χ0n) is 14.2. The molecule has 0 saturated heterocycles. The molecule has 0 fully saturated rings. The number of rotatable bonds is 8. The van der Waals surface area contributed by atoms with Gasteiger partial charge in [0.1, 0.15) is 5.75 Å². The number of nitrogens with one attached hydrogen (secondary N) is 2. The third kappa shape index (κ3) is 6.27. The number of ether oxygens (including phenoxy) is 1. The fraction of sp³-hybridized carbons (Fsp3) is 0.263. The van der Waals surface area contributed by atoms with Crippen LogP contribution in [0, 0.1) is 6.92 Å². The average molecular weight is 341 g/mol. The smallest absolute Gasteiger partial charge is 0.262 e. The molecule has 2 aromatic carbocycles. The van der Waals surface area contributed by atoms with Gasteiger partial charge < -0.3 is 21.1 Å². The molecule has 0 aliphatic carbocycles. The Balaban J connectivity index is 1.91. The maximum atomic E-state index is 12.1. The molecular formula is C19H23N3O3. The minimum atomic E-state index is -0.302. The molecule has 132 valence electrons. The first kappa shape index (κ1) is 18.5. The van der Waals surface area contributed by atoms with Gasteiger partial charge in [-0.2, -0.15) is 0 Å². The minimum absolute atomic E-state index is 0.113. The van der Waals surface area contributed by atoms with Gasteiger partial charge in [0.05, 0.1) is 11.4 Å². The van der Waals surface area contributed by atoms with E-state index in [0.29, 0.717) is 36.5 Å². The number of aryl methyl sites for hydroxylation is 1. The van der Waals surface area contributed by atoms with E-state index >= 15 is 0 Å². The Morgan fingerprint density at radius 2 is 1.56 bits per heavy atom. The Hall–Kier alpha value is -2.86. The lowest BCUT2D eigenvalue weighted by Gasteiger charge is -2.12. The summed E-state index contributed by atoms with van der Waals surface area (Å²) in [5.41, 5.74) is 7.60. The lowest BCUT2D eigenvalue weighted by atomic mass is 10.2. The molecule has 0 radical (unpaired) electrons. The molecular weight excluding hydrogens is 318 g/mol. The molecule has 6 heteroatoms. The fourth-order valence-electron chi connectivity index (χ4n) is 2.15. The van der Waals surface area contributed by atoms with Crippen LogP contribution in [0.1, 0.15) is 18.4 Å². The monoisotopic (exact) mass is 341 g/mol. The largest absolute Gasteiger partial charge is 0.484 e. The van der Waals surface area contributed by atoms with Crippen LogP contribution in [0.2, 0.25) is 0 Å². The Labute approximate surface area is 147 Å². The van der Waals surface area contributed by atoms with Crippen LogP contribution in [0.5, 0.6) is 5.75 Å². The molecule has 0 bridgehead atoms. The molecule has 0 heterocycles. The maximum Gasteiger partial charge on any atom is 0.262 e. The van der Waals surface area contributed by atoms with Gasteiger partial charge in [-0.15, -0.1) is 0 Å². The molecule has 0 aliphatic rings. The van der Waals surface area contributed by atoms with Crippen LogP contribution in [0.3, 0.4) is 0 Å². The van der Waals surface area contributed by atoms with Gasteiger partial charge in [-0.1, -0.05) is 29.8 Å². The van der Waals surface area contributed by atoms with Gasteiger partial charge in [0, 0.05) is 6.42 Å². The molecule has 25 heavy (non-hydrogen) atoms. The number of benzene rings is 2. The van der Waals surface area contributed by atoms with Crippen molar-refractivity contribution >= 4 is 23.2 Å². The molecule has 0 spiro atoms. The molecule has 4 N–H and O–H groups in total. The Kier molecular flexibility index (Phi) is 6.98. The summed E-state index contributed by atoms with van der Waals surface area (Å²) in [4.78, 5) is 23.9. The minimum Gasteiger partial charge on any atom is -0.484 e. The summed E-state index contributed by atoms with van der Waals surface area (Å²) in [5.74, 6) is 0.191. The van der Waals surface area contributed by atoms with E-state index in [4.69, 9.17) is 10.5 Å². The van der Waals surface area contributed by atoms with Crippen LogP contribution in [0.25, 0.3) is 0 Å². The second kappa shape index (κ2) is 9.44. The van der Waals surface area contributed by atoms with Gasteiger partial charge in [0.2, 0.25) is 5.91 Å². The van der Waals surface area contributed by atoms with Gasteiger partial charge in [0.25, 0.3) is 5.91 Å². The van der Waals surface area contributed by atoms with Crippen LogP contribution in [-0.4, -0.2) is 25.0 Å². The first-order valence-corrected chi connectivity index (χ1v) is 8.17. The highest BCUT2D eigenvalue weighted by Crippen LogP contribution is 2.21. The average Bonchev–Trinajstić information content (AvgIpc) is 2.61. The van der Waals surface area contributed by atoms with Crippen molar-refractivity contribution in [1.82, 2.24) is 0 Å². The van der Waals surface area contributed by atoms with E-state index in [-0.39, 0.29) is 18.4 Å². The SMILES string of the molecule is Cc1ccc(OCC(=O)Nc2ccccc2NC(=O)CCCN)cc1. The highest BCUT2D eigenvalue weighted by atomic mass is 16.5. The predicted octanol–water partition coefficient (Wildman–Crippen LogP) is 2.69. The van der Waals surface area contributed by atoms with Crippen LogP contribution in [0.15, 0.2) is 48.5 Å². The van der Waals surface area contributed by atoms with E-state index in [0.717, 1.165) is 5.56 Å². The first-order valence-electron chi connectivity index (χ1n) is 8.17. The van der Waals surface area contributed by atoms with Crippen molar-refractivity contribution < 1.29 is 14.3 Å². The van der Waals surface area contributed by atoms with Crippen molar-refractivity contribution in [3.8, 4) is 5.75 Å². The van der Waals surface area contributed by atoms with Gasteiger partial charge in [-0.25, -0.2) is 0 Å². The third-order valence-electron chi connectivity index (χ3n) is 3.47. The number of nitrogens with two attached hydrogens (primary N) is 1. The summed E-state index contributed by atoms with van der Waals surface area (Å²) in [6.07, 6.45) is 0.958. The zero-order valence-corrected chi connectivity index (χ0v) is 14.2. The Morgan fingerprint density at radius 1 is 0.960 bits per heavy atom. The van der Waals surface area contributed by atoms with Crippen molar-refractivity contribution in [3.05, 3.63) is 54.1 Å². The fourth-order valence-corrected chi connectivity index (χ4v) is 2.15. The second-order valence-corrected chi connectivity index (χ2v) is 5.64. The number of hydrogen-bond acceptors (Lipinski definition) is 4. The molecule has 2 rings (SSSR count). The van der Waals surface area contributed by atoms with Crippen molar-refractivity contribution in [1.29, 1.82) is 0 Å². The molecule has 0 saturated carbocycles. The van der Waals surface area contributed by atoms with E-state index in [1.807, 2.05) is 31.2 Å². The molecule has 2 amide bonds. The van der Waals surface area contributed by atoms with Crippen LogP contribution >= 0.6 is 0 Å². The quantitative estimate of drug-likeness (QED) is 0.688. The lowest BCUT2D eigenvalue weighted by Crippen LogP contribution is -2.21. The molecule has 2 aromatic rings. The third-order valence-corrected chi connectivity index (χ3v) is 3.47. The number of amides is 2. The highest BCUT2D eigenvalue weighted by molar-refractivity contribution is 5.99. The summed E-state index contributed by atoms with van der Waals surface area (Å²) < 4.78 is 5.46. The van der Waals surface area contributed by atoms with Gasteiger partial charge in [0.15, 0.2) is 6.61 Å². The van der Waals surface area contributed by atoms with Crippen molar-refractivity contribution in [2.24, 2.45) is 5.73 Å². The Bertz CT molecular complexity index is 714. The summed E-state index contributed by atoms with van der Waals surface area (Å²) in [7, 11) is 0. The van der Waals surface area contributed by atoms with E-state index < -0.39 is 0 Å². The van der Waals surface area contributed by atoms with E-state index in [2.05, 4.69) is 10.6 Å². The number of carbonyl (C=O) groups excluding carboxylic acids is 2. The van der Waals surface area contributed by atoms with E-state index in [1.54, 1.807) is 24.3 Å². The van der Waals surface area contributed by atoms with E-state index in [1.165, 1.54) is 0 Å². The summed E-state index contributed by atoms with van der Waals surface area (Å²) in [6, 6.07) is 14.5. The maximum absolute atomic E-state index is 12.1.